The topological polar surface area (TPSA) is 67.8 Å². The van der Waals surface area contributed by atoms with E-state index in [0.717, 1.165) is 18.4 Å². The first-order chi connectivity index (χ1) is 10.2. The summed E-state index contributed by atoms with van der Waals surface area (Å²) in [6.45, 7) is 0. The summed E-state index contributed by atoms with van der Waals surface area (Å²) in [6.07, 6.45) is 4.25. The van der Waals surface area contributed by atoms with Crippen LogP contribution in [0.2, 0.25) is 0 Å². The fourth-order valence-corrected chi connectivity index (χ4v) is 3.14. The largest absolute Gasteiger partial charge is 0.493 e. The molecule has 114 valence electrons. The van der Waals surface area contributed by atoms with Crippen LogP contribution in [0.15, 0.2) is 18.2 Å². The highest BCUT2D eigenvalue weighted by Crippen LogP contribution is 2.36. The minimum atomic E-state index is -0.828. The summed E-state index contributed by atoms with van der Waals surface area (Å²) in [5.74, 6) is 1.04. The van der Waals surface area contributed by atoms with E-state index in [1.54, 1.807) is 7.11 Å². The van der Waals surface area contributed by atoms with Crippen LogP contribution < -0.4 is 14.8 Å². The van der Waals surface area contributed by atoms with Crippen molar-refractivity contribution in [3.8, 4) is 11.5 Å². The molecule has 5 nitrogen and oxygen atoms in total. The molecule has 1 saturated heterocycles. The average Bonchev–Trinajstić information content (AvgIpc) is 3.08. The number of hydrogen-bond acceptors (Lipinski definition) is 4. The number of nitrogens with one attached hydrogen (secondary N) is 1. The summed E-state index contributed by atoms with van der Waals surface area (Å²) < 4.78 is 11.4. The minimum absolute atomic E-state index is 0.124. The van der Waals surface area contributed by atoms with Crippen LogP contribution in [0.25, 0.3) is 0 Å². The van der Waals surface area contributed by atoms with E-state index < -0.39 is 6.23 Å². The molecule has 1 aliphatic heterocycles. The molecule has 1 saturated carbocycles. The molecule has 21 heavy (non-hydrogen) atoms. The zero-order valence-corrected chi connectivity index (χ0v) is 12.2. The smallest absolute Gasteiger partial charge is 0.222 e. The molecule has 0 aromatic heterocycles. The Balaban J connectivity index is 1.83. The summed E-state index contributed by atoms with van der Waals surface area (Å²) in [6, 6.07) is 5.62. The van der Waals surface area contributed by atoms with Crippen molar-refractivity contribution >= 4 is 5.91 Å². The normalized spacial score (nSPS) is 25.9. The lowest BCUT2D eigenvalue weighted by molar-refractivity contribution is -0.120. The molecule has 2 fully saturated rings. The number of rotatable bonds is 4. The zero-order valence-electron chi connectivity index (χ0n) is 12.2. The molecule has 2 aliphatic rings. The van der Waals surface area contributed by atoms with Gasteiger partial charge in [0, 0.05) is 12.3 Å². The molecule has 2 atom stereocenters. The molecule has 2 N–H and O–H groups in total. The molecule has 0 unspecified atom stereocenters. The lowest BCUT2D eigenvalue weighted by Crippen LogP contribution is -2.27. The second-order valence-corrected chi connectivity index (χ2v) is 5.76. The van der Waals surface area contributed by atoms with E-state index in [2.05, 4.69) is 5.32 Å². The molecular weight excluding hydrogens is 270 g/mol. The summed E-state index contributed by atoms with van der Waals surface area (Å²) in [5.41, 5.74) is 0.898. The standard InChI is InChI=1S/C16H21NO4/c1-20-13-7-6-10(12-9-15(18)17-16(12)19)8-14(13)21-11-4-2-3-5-11/h6-8,11-12,16,19H,2-5,9H2,1H3,(H,17,18)/t12-,16-/m1/s1. The third-order valence-corrected chi connectivity index (χ3v) is 4.31. The number of hydrogen-bond donors (Lipinski definition) is 2. The van der Waals surface area contributed by atoms with Gasteiger partial charge < -0.3 is 19.9 Å². The maximum absolute atomic E-state index is 11.4. The van der Waals surface area contributed by atoms with E-state index in [1.807, 2.05) is 18.2 Å². The first kappa shape index (κ1) is 14.2. The Morgan fingerprint density at radius 2 is 2.00 bits per heavy atom. The van der Waals surface area contributed by atoms with Crippen molar-refractivity contribution in [1.82, 2.24) is 5.32 Å². The second kappa shape index (κ2) is 5.93. The number of carbonyl (C=O) groups is 1. The first-order valence-corrected chi connectivity index (χ1v) is 7.49. The Hall–Kier alpha value is -1.75. The van der Waals surface area contributed by atoms with Crippen LogP contribution in [-0.2, 0) is 4.79 Å². The van der Waals surface area contributed by atoms with Gasteiger partial charge in [0.1, 0.15) is 6.23 Å². The fourth-order valence-electron chi connectivity index (χ4n) is 3.14. The maximum atomic E-state index is 11.4. The quantitative estimate of drug-likeness (QED) is 0.889. The number of ether oxygens (including phenoxy) is 2. The molecule has 1 amide bonds. The summed E-state index contributed by atoms with van der Waals surface area (Å²) >= 11 is 0. The summed E-state index contributed by atoms with van der Waals surface area (Å²) in [5, 5.41) is 12.4. The molecule has 0 bridgehead atoms. The highest BCUT2D eigenvalue weighted by molar-refractivity contribution is 5.80. The molecule has 5 heteroatoms. The van der Waals surface area contributed by atoms with Crippen LogP contribution in [0, 0.1) is 0 Å². The van der Waals surface area contributed by atoms with Crippen molar-refractivity contribution in [1.29, 1.82) is 0 Å². The maximum Gasteiger partial charge on any atom is 0.222 e. The summed E-state index contributed by atoms with van der Waals surface area (Å²) in [7, 11) is 1.62. The predicted octanol–water partition coefficient (Wildman–Crippen LogP) is 1.94. The van der Waals surface area contributed by atoms with Gasteiger partial charge in [0.05, 0.1) is 13.2 Å². The minimum Gasteiger partial charge on any atom is -0.493 e. The summed E-state index contributed by atoms with van der Waals surface area (Å²) in [4.78, 5) is 11.4. The molecular formula is C16H21NO4. The van der Waals surface area contributed by atoms with Crippen molar-refractivity contribution in [2.75, 3.05) is 7.11 Å². The van der Waals surface area contributed by atoms with E-state index >= 15 is 0 Å². The molecule has 0 spiro atoms. The van der Waals surface area contributed by atoms with Gasteiger partial charge in [-0.2, -0.15) is 0 Å². The Morgan fingerprint density at radius 3 is 2.62 bits per heavy atom. The number of carbonyl (C=O) groups excluding carboxylic acids is 1. The van der Waals surface area contributed by atoms with E-state index in [4.69, 9.17) is 9.47 Å². The van der Waals surface area contributed by atoms with Crippen molar-refractivity contribution in [3.63, 3.8) is 0 Å². The van der Waals surface area contributed by atoms with Gasteiger partial charge in [-0.3, -0.25) is 4.79 Å². The van der Waals surface area contributed by atoms with Crippen LogP contribution >= 0.6 is 0 Å². The highest BCUT2D eigenvalue weighted by Gasteiger charge is 2.32. The van der Waals surface area contributed by atoms with Crippen molar-refractivity contribution in [2.45, 2.75) is 50.4 Å². The monoisotopic (exact) mass is 291 g/mol. The van der Waals surface area contributed by atoms with E-state index in [9.17, 15) is 9.90 Å². The van der Waals surface area contributed by atoms with E-state index in [1.165, 1.54) is 12.8 Å². The van der Waals surface area contributed by atoms with Gasteiger partial charge in [-0.1, -0.05) is 6.07 Å². The first-order valence-electron chi connectivity index (χ1n) is 7.49. The predicted molar refractivity (Wildman–Crippen MR) is 77.4 cm³/mol. The molecule has 1 aromatic carbocycles. The van der Waals surface area contributed by atoms with Crippen molar-refractivity contribution in [3.05, 3.63) is 23.8 Å². The van der Waals surface area contributed by atoms with Gasteiger partial charge in [0.2, 0.25) is 5.91 Å². The van der Waals surface area contributed by atoms with Gasteiger partial charge in [0.15, 0.2) is 11.5 Å². The lowest BCUT2D eigenvalue weighted by Gasteiger charge is -2.19. The average molecular weight is 291 g/mol. The van der Waals surface area contributed by atoms with Crippen LogP contribution in [0.1, 0.15) is 43.6 Å². The van der Waals surface area contributed by atoms with Gasteiger partial charge >= 0.3 is 0 Å². The van der Waals surface area contributed by atoms with Crippen LogP contribution in [0.4, 0.5) is 0 Å². The molecule has 1 heterocycles. The molecule has 0 radical (unpaired) electrons. The van der Waals surface area contributed by atoms with Gasteiger partial charge in [-0.15, -0.1) is 0 Å². The van der Waals surface area contributed by atoms with Gasteiger partial charge in [0.25, 0.3) is 0 Å². The Kier molecular flexibility index (Phi) is 4.01. The van der Waals surface area contributed by atoms with Crippen molar-refractivity contribution < 1.29 is 19.4 Å². The number of aliphatic hydroxyl groups is 1. The zero-order chi connectivity index (χ0) is 14.8. The second-order valence-electron chi connectivity index (χ2n) is 5.76. The van der Waals surface area contributed by atoms with Crippen LogP contribution in [-0.4, -0.2) is 30.5 Å². The number of methoxy groups -OCH3 is 1. The van der Waals surface area contributed by atoms with Crippen LogP contribution in [0.3, 0.4) is 0 Å². The number of aliphatic hydroxyl groups excluding tert-OH is 1. The third-order valence-electron chi connectivity index (χ3n) is 4.31. The van der Waals surface area contributed by atoms with Gasteiger partial charge in [-0.05, 0) is 43.4 Å². The van der Waals surface area contributed by atoms with Crippen LogP contribution in [0.5, 0.6) is 11.5 Å². The Labute approximate surface area is 124 Å². The molecule has 3 rings (SSSR count). The van der Waals surface area contributed by atoms with E-state index in [-0.39, 0.29) is 17.9 Å². The highest BCUT2D eigenvalue weighted by atomic mass is 16.5. The Morgan fingerprint density at radius 1 is 1.24 bits per heavy atom. The van der Waals surface area contributed by atoms with Crippen molar-refractivity contribution in [2.24, 2.45) is 0 Å². The Bertz CT molecular complexity index is 525. The molecule has 1 aromatic rings. The number of amides is 1. The molecule has 1 aliphatic carbocycles. The van der Waals surface area contributed by atoms with E-state index in [0.29, 0.717) is 17.9 Å². The SMILES string of the molecule is COc1ccc([C@H]2CC(=O)N[C@@H]2O)cc1OC1CCCC1. The fraction of sp³-hybridized carbons (Fsp3) is 0.562. The lowest BCUT2D eigenvalue weighted by atomic mass is 9.96. The number of benzene rings is 1. The van der Waals surface area contributed by atoms with Gasteiger partial charge in [-0.25, -0.2) is 0 Å². The third kappa shape index (κ3) is 2.97.